The highest BCUT2D eigenvalue weighted by molar-refractivity contribution is 8.05. The van der Waals surface area contributed by atoms with Crippen LogP contribution in [0.5, 0.6) is 0 Å². The minimum absolute atomic E-state index is 0.0206. The Bertz CT molecular complexity index is 1520. The predicted octanol–water partition coefficient (Wildman–Crippen LogP) is 1.13. The number of rotatable bonds is 9. The molecule has 42 heavy (non-hydrogen) atoms. The maximum atomic E-state index is 13.1. The molecule has 224 valence electrons. The Labute approximate surface area is 244 Å². The number of aromatic nitrogens is 1. The summed E-state index contributed by atoms with van der Waals surface area (Å²) < 4.78 is 46.0. The van der Waals surface area contributed by atoms with Crippen molar-refractivity contribution < 1.29 is 51.8 Å². The third kappa shape index (κ3) is 6.94. The Hall–Kier alpha value is -3.88. The minimum Gasteiger partial charge on any atom is -0.479 e. The number of allylic oxidation sites excluding steroid dienone is 1. The van der Waals surface area contributed by atoms with Crippen LogP contribution in [0.2, 0.25) is 0 Å². The fourth-order valence-corrected chi connectivity index (χ4v) is 6.69. The van der Waals surface area contributed by atoms with Crippen LogP contribution in [-0.4, -0.2) is 79.8 Å². The van der Waals surface area contributed by atoms with Gasteiger partial charge in [0.05, 0.1) is 23.3 Å². The van der Waals surface area contributed by atoms with Gasteiger partial charge in [0.1, 0.15) is 17.1 Å². The smallest absolute Gasteiger partial charge is 0.479 e. The summed E-state index contributed by atoms with van der Waals surface area (Å²) in [7, 11) is -1.22. The summed E-state index contributed by atoms with van der Waals surface area (Å²) in [5.74, 6) is -7.10. The molecular weight excluding hydrogens is 629 g/mol. The molecule has 0 bridgehead atoms. The van der Waals surface area contributed by atoms with Crippen molar-refractivity contribution in [2.24, 2.45) is 15.3 Å². The monoisotopic (exact) mass is 648 g/mol. The Morgan fingerprint density at radius 2 is 2.07 bits per heavy atom. The van der Waals surface area contributed by atoms with E-state index in [-0.39, 0.29) is 28.6 Å². The van der Waals surface area contributed by atoms with Gasteiger partial charge in [0.15, 0.2) is 11.8 Å². The molecule has 4 rings (SSSR count). The summed E-state index contributed by atoms with van der Waals surface area (Å²) in [5, 5.41) is 11.6. The highest BCUT2D eigenvalue weighted by atomic mass is 32.2. The van der Waals surface area contributed by atoms with Crippen LogP contribution in [0, 0.1) is 6.92 Å². The molecule has 4 heterocycles. The summed E-state index contributed by atoms with van der Waals surface area (Å²) >= 11 is 2.40. The van der Waals surface area contributed by atoms with Crippen LogP contribution >= 0.6 is 23.1 Å². The average molecular weight is 649 g/mol. The zero-order chi connectivity index (χ0) is 30.8. The molecule has 0 radical (unpaired) electrons. The molecule has 3 unspecified atom stereocenters. The van der Waals surface area contributed by atoms with Gasteiger partial charge >= 0.3 is 24.1 Å². The fraction of sp³-hybridized carbons (Fsp3) is 0.318. The van der Waals surface area contributed by atoms with Crippen LogP contribution in [0.15, 0.2) is 43.5 Å². The summed E-state index contributed by atoms with van der Waals surface area (Å²) in [5.41, 5.74) is 7.72. The standard InChI is InChI=1S/C22H19F3N6O8S3/c1-9-12(41-8-27-9)3-2-10-6-40-18-15(17(35)31(18)16(10)19(36)39-20(37)22(23,24)25)29-13(32)4-11-7-42(21(26)28-11)30-38-5-14(33)34/h2-3,7-8,15,18H,4-6H2,1H3,(H2,26,28)(H,29,32)(H,33,34)/b3-2+. The Morgan fingerprint density at radius 3 is 2.71 bits per heavy atom. The van der Waals surface area contributed by atoms with Crippen molar-refractivity contribution >= 4 is 74.8 Å². The maximum absolute atomic E-state index is 13.1. The average Bonchev–Trinajstić information content (AvgIpc) is 3.48. The molecule has 1 fully saturated rings. The molecule has 3 atom stereocenters. The van der Waals surface area contributed by atoms with E-state index in [0.717, 1.165) is 16.7 Å². The lowest BCUT2D eigenvalue weighted by atomic mass is 10.0. The minimum atomic E-state index is -5.44. The number of ether oxygens (including phenoxy) is 1. The Balaban J connectivity index is 1.49. The number of carbonyl (C=O) groups is 5. The van der Waals surface area contributed by atoms with E-state index < -0.39 is 70.3 Å². The van der Waals surface area contributed by atoms with Crippen molar-refractivity contribution in [3.63, 3.8) is 0 Å². The molecule has 20 heteroatoms. The summed E-state index contributed by atoms with van der Waals surface area (Å²) in [6.45, 7) is 1.03. The van der Waals surface area contributed by atoms with Crippen molar-refractivity contribution in [3.8, 4) is 0 Å². The number of β-lactam (4-membered cyclic amide) rings is 1. The van der Waals surface area contributed by atoms with E-state index in [4.69, 9.17) is 10.8 Å². The van der Waals surface area contributed by atoms with E-state index in [9.17, 15) is 37.1 Å². The number of hydrogen-bond acceptors (Lipinski definition) is 13. The molecule has 0 aliphatic carbocycles. The summed E-state index contributed by atoms with van der Waals surface area (Å²) in [4.78, 5) is 74.7. The molecule has 0 spiro atoms. The second-order valence-corrected chi connectivity index (χ2v) is 11.9. The number of alkyl halides is 3. The maximum Gasteiger partial charge on any atom is 0.491 e. The second kappa shape index (κ2) is 12.5. The lowest BCUT2D eigenvalue weighted by Crippen LogP contribution is -2.70. The predicted molar refractivity (Wildman–Crippen MR) is 143 cm³/mol. The molecule has 3 aliphatic heterocycles. The number of aliphatic imine (C=N–C) groups is 1. The lowest BCUT2D eigenvalue weighted by molar-refractivity contribution is -0.201. The Kier molecular flexibility index (Phi) is 9.28. The van der Waals surface area contributed by atoms with Crippen LogP contribution in [0.3, 0.4) is 0 Å². The van der Waals surface area contributed by atoms with Gasteiger partial charge in [-0.2, -0.15) is 13.2 Å². The number of amidine groups is 1. The number of thioether (sulfide) groups is 1. The number of nitrogens with one attached hydrogen (secondary N) is 1. The van der Waals surface area contributed by atoms with E-state index in [2.05, 4.69) is 29.4 Å². The quantitative estimate of drug-likeness (QED) is 0.150. The first kappa shape index (κ1) is 31.1. The van der Waals surface area contributed by atoms with Gasteiger partial charge in [-0.3, -0.25) is 14.5 Å². The number of nitrogens with two attached hydrogens (primary N) is 1. The topological polar surface area (TPSA) is 203 Å². The van der Waals surface area contributed by atoms with Gasteiger partial charge in [-0.1, -0.05) is 10.6 Å². The van der Waals surface area contributed by atoms with Crippen molar-refractivity contribution in [1.29, 1.82) is 0 Å². The van der Waals surface area contributed by atoms with E-state index in [1.807, 2.05) is 0 Å². The first-order valence-electron chi connectivity index (χ1n) is 11.5. The number of amides is 2. The van der Waals surface area contributed by atoms with E-state index in [1.165, 1.54) is 22.8 Å². The van der Waals surface area contributed by atoms with Crippen molar-refractivity contribution in [1.82, 2.24) is 15.2 Å². The molecule has 1 saturated heterocycles. The third-order valence-corrected chi connectivity index (χ3v) is 9.00. The number of esters is 2. The number of hydrogen-bond donors (Lipinski definition) is 3. The molecule has 14 nitrogen and oxygen atoms in total. The molecule has 0 saturated carbocycles. The number of carboxylic acids is 1. The third-order valence-electron chi connectivity index (χ3n) is 5.52. The number of aliphatic carboxylic acids is 1. The first-order valence-corrected chi connectivity index (χ1v) is 14.6. The number of nitrogens with zero attached hydrogens (tertiary/aromatic N) is 4. The highest BCUT2D eigenvalue weighted by Crippen LogP contribution is 2.41. The van der Waals surface area contributed by atoms with Crippen molar-refractivity contribution in [2.75, 3.05) is 12.4 Å². The summed E-state index contributed by atoms with van der Waals surface area (Å²) in [6.07, 6.45) is -2.79. The van der Waals surface area contributed by atoms with Crippen molar-refractivity contribution in [3.05, 3.63) is 44.5 Å². The van der Waals surface area contributed by atoms with Crippen LogP contribution < -0.4 is 11.1 Å². The van der Waals surface area contributed by atoms with Gasteiger partial charge in [-0.25, -0.2) is 29.2 Å². The van der Waals surface area contributed by atoms with Gasteiger partial charge in [0.25, 0.3) is 5.91 Å². The molecule has 0 aromatic carbocycles. The first-order chi connectivity index (χ1) is 19.8. The Morgan fingerprint density at radius 1 is 1.33 bits per heavy atom. The number of carboxylic acid groups (broad SMARTS) is 1. The molecule has 2 amide bonds. The van der Waals surface area contributed by atoms with Crippen LogP contribution in [-0.2, 0) is 44.2 Å². The molecule has 3 aliphatic rings. The van der Waals surface area contributed by atoms with Gasteiger partial charge in [0, 0.05) is 26.7 Å². The normalized spacial score (nSPS) is 22.0. The number of fused-ring (bicyclic) bond motifs is 1. The van der Waals surface area contributed by atoms with E-state index in [1.54, 1.807) is 18.5 Å². The molecule has 4 N–H and O–H groups in total. The number of halogens is 3. The van der Waals surface area contributed by atoms with Gasteiger partial charge in [-0.15, -0.1) is 23.1 Å². The van der Waals surface area contributed by atoms with Gasteiger partial charge < -0.3 is 20.9 Å². The molecule has 1 aromatic rings. The zero-order valence-corrected chi connectivity index (χ0v) is 23.6. The number of carbonyl (C=O) groups excluding carboxylic acids is 4. The van der Waals surface area contributed by atoms with E-state index >= 15 is 0 Å². The highest BCUT2D eigenvalue weighted by Gasteiger charge is 2.55. The second-order valence-electron chi connectivity index (χ2n) is 8.43. The van der Waals surface area contributed by atoms with Crippen molar-refractivity contribution in [2.45, 2.75) is 30.9 Å². The van der Waals surface area contributed by atoms with Crippen LogP contribution in [0.1, 0.15) is 17.0 Å². The van der Waals surface area contributed by atoms with Crippen LogP contribution in [0.4, 0.5) is 13.2 Å². The molecule has 1 aromatic heterocycles. The SMILES string of the molecule is Cc1ncsc1/C=C/C1=C(C(=O)OC(=O)C(F)(F)F)N2C(=O)C(NC(=O)CC3=C/S(=N\OCC(=O)O)C(N)=N3)C2SC1. The lowest BCUT2D eigenvalue weighted by Gasteiger charge is -2.49. The number of aryl methyl sites for hydroxylation is 1. The van der Waals surface area contributed by atoms with Gasteiger partial charge in [-0.05, 0) is 18.6 Å². The number of thiazole rings is 1. The fourth-order valence-electron chi connectivity index (χ4n) is 3.67. The molecular formula is C22H19F3N6O8S3. The zero-order valence-electron chi connectivity index (χ0n) is 21.1. The van der Waals surface area contributed by atoms with E-state index in [0.29, 0.717) is 10.6 Å². The summed E-state index contributed by atoms with van der Waals surface area (Å²) in [6, 6.07) is -1.15. The largest absolute Gasteiger partial charge is 0.491 e. The van der Waals surface area contributed by atoms with Crippen LogP contribution in [0.25, 0.3) is 6.08 Å². The van der Waals surface area contributed by atoms with Gasteiger partial charge in [0.2, 0.25) is 5.91 Å².